The smallest absolute Gasteiger partial charge is 0.180 e. The summed E-state index contributed by atoms with van der Waals surface area (Å²) in [6.07, 6.45) is -0.565. The fourth-order valence-corrected chi connectivity index (χ4v) is 3.37. The molecule has 29 heavy (non-hydrogen) atoms. The van der Waals surface area contributed by atoms with Crippen molar-refractivity contribution in [3.8, 4) is 11.5 Å². The average Bonchev–Trinajstić information content (AvgIpc) is 2.74. The number of benzene rings is 3. The highest BCUT2D eigenvalue weighted by molar-refractivity contribution is 6.32. The van der Waals surface area contributed by atoms with Gasteiger partial charge < -0.3 is 19.9 Å². The van der Waals surface area contributed by atoms with E-state index in [0.29, 0.717) is 36.2 Å². The topological polar surface area (TPSA) is 50.7 Å². The van der Waals surface area contributed by atoms with E-state index in [0.717, 1.165) is 16.7 Å². The monoisotopic (exact) mass is 411 g/mol. The third-order valence-corrected chi connectivity index (χ3v) is 5.05. The van der Waals surface area contributed by atoms with E-state index in [1.807, 2.05) is 60.7 Å². The summed E-state index contributed by atoms with van der Waals surface area (Å²) in [7, 11) is 1.60. The van der Waals surface area contributed by atoms with Gasteiger partial charge in [-0.05, 0) is 41.3 Å². The second-order valence-electron chi connectivity index (χ2n) is 6.88. The van der Waals surface area contributed by atoms with Crippen molar-refractivity contribution in [1.29, 1.82) is 0 Å². The van der Waals surface area contributed by atoms with E-state index < -0.39 is 6.10 Å². The molecule has 1 atom stereocenters. The lowest BCUT2D eigenvalue weighted by Crippen LogP contribution is -2.21. The number of hydrogen-bond acceptors (Lipinski definition) is 4. The second-order valence-corrected chi connectivity index (χ2v) is 7.29. The number of aliphatic hydroxyl groups excluding tert-OH is 1. The van der Waals surface area contributed by atoms with Gasteiger partial charge in [0.2, 0.25) is 0 Å². The van der Waals surface area contributed by atoms with Gasteiger partial charge in [-0.2, -0.15) is 0 Å². The maximum absolute atomic E-state index is 10.3. The molecule has 0 unspecified atom stereocenters. The zero-order chi connectivity index (χ0) is 20.6. The third kappa shape index (κ3) is 5.73. The van der Waals surface area contributed by atoms with Gasteiger partial charge in [-0.25, -0.2) is 0 Å². The van der Waals surface area contributed by atoms with E-state index >= 15 is 0 Å². The predicted molar refractivity (Wildman–Crippen MR) is 117 cm³/mol. The summed E-state index contributed by atoms with van der Waals surface area (Å²) < 4.78 is 11.5. The van der Waals surface area contributed by atoms with Crippen LogP contribution in [0.2, 0.25) is 5.02 Å². The van der Waals surface area contributed by atoms with Crippen molar-refractivity contribution >= 4 is 11.6 Å². The molecule has 3 aromatic rings. The van der Waals surface area contributed by atoms with Gasteiger partial charge in [0.1, 0.15) is 6.61 Å². The molecule has 4 nitrogen and oxygen atoms in total. The number of rotatable bonds is 9. The minimum absolute atomic E-state index is 0.420. The molecule has 0 aliphatic heterocycles. The van der Waals surface area contributed by atoms with E-state index in [1.54, 1.807) is 7.11 Å². The molecule has 0 fully saturated rings. The number of hydrogen-bond donors (Lipinski definition) is 2. The van der Waals surface area contributed by atoms with Crippen LogP contribution in [-0.4, -0.2) is 18.8 Å². The van der Waals surface area contributed by atoms with Crippen LogP contribution in [0.5, 0.6) is 11.5 Å². The molecule has 0 radical (unpaired) electrons. The molecule has 0 spiro atoms. The third-order valence-electron chi connectivity index (χ3n) is 4.77. The minimum atomic E-state index is -0.565. The van der Waals surface area contributed by atoms with Crippen molar-refractivity contribution in [2.45, 2.75) is 26.2 Å². The lowest BCUT2D eigenvalue weighted by molar-refractivity contribution is 0.174. The van der Waals surface area contributed by atoms with E-state index in [-0.39, 0.29) is 0 Å². The first kappa shape index (κ1) is 21.2. The van der Waals surface area contributed by atoms with E-state index in [2.05, 4.69) is 18.3 Å². The largest absolute Gasteiger partial charge is 0.493 e. The molecule has 3 rings (SSSR count). The first-order valence-electron chi connectivity index (χ1n) is 9.56. The standard InChI is InChI=1S/C24H26ClNO3/c1-17-8-6-7-11-20(17)16-29-24-21(25)12-18(13-23(24)28-2)14-26-15-22(27)19-9-4-3-5-10-19/h3-13,22,26-27H,14-16H2,1-2H3/t22-/m1/s1. The fourth-order valence-electron chi connectivity index (χ4n) is 3.08. The Kier molecular flexibility index (Phi) is 7.53. The maximum atomic E-state index is 10.3. The number of nitrogens with one attached hydrogen (secondary N) is 1. The Hall–Kier alpha value is -2.53. The second kappa shape index (κ2) is 10.3. The highest BCUT2D eigenvalue weighted by Gasteiger charge is 2.13. The van der Waals surface area contributed by atoms with Gasteiger partial charge in [0.05, 0.1) is 18.2 Å². The summed E-state index contributed by atoms with van der Waals surface area (Å²) in [5.74, 6) is 1.12. The molecule has 0 saturated carbocycles. The molecule has 2 N–H and O–H groups in total. The lowest BCUT2D eigenvalue weighted by atomic mass is 10.1. The molecule has 0 aromatic heterocycles. The van der Waals surface area contributed by atoms with Gasteiger partial charge in [0.15, 0.2) is 11.5 Å². The summed E-state index contributed by atoms with van der Waals surface area (Å²) in [5.41, 5.74) is 4.11. The predicted octanol–water partition coefficient (Wildman–Crippen LogP) is 5.06. The van der Waals surface area contributed by atoms with Gasteiger partial charge in [-0.1, -0.05) is 66.2 Å². The summed E-state index contributed by atoms with van der Waals surface area (Å²) in [6, 6.07) is 21.4. The molecule has 0 bridgehead atoms. The quantitative estimate of drug-likeness (QED) is 0.516. The Morgan fingerprint density at radius 3 is 2.48 bits per heavy atom. The van der Waals surface area contributed by atoms with Gasteiger partial charge in [0.25, 0.3) is 0 Å². The van der Waals surface area contributed by atoms with E-state index in [9.17, 15) is 5.11 Å². The van der Waals surface area contributed by atoms with Crippen LogP contribution >= 0.6 is 11.6 Å². The first-order chi connectivity index (χ1) is 14.1. The van der Waals surface area contributed by atoms with Crippen LogP contribution in [-0.2, 0) is 13.2 Å². The van der Waals surface area contributed by atoms with Crippen LogP contribution in [0.1, 0.15) is 28.4 Å². The van der Waals surface area contributed by atoms with Crippen molar-refractivity contribution in [2.75, 3.05) is 13.7 Å². The lowest BCUT2D eigenvalue weighted by Gasteiger charge is -2.16. The van der Waals surface area contributed by atoms with Crippen molar-refractivity contribution in [3.63, 3.8) is 0 Å². The number of methoxy groups -OCH3 is 1. The summed E-state index contributed by atoms with van der Waals surface area (Å²) in [4.78, 5) is 0. The molecule has 0 heterocycles. The van der Waals surface area contributed by atoms with Gasteiger partial charge in [-0.15, -0.1) is 0 Å². The molecule has 0 aliphatic rings. The van der Waals surface area contributed by atoms with Crippen molar-refractivity contribution in [1.82, 2.24) is 5.32 Å². The Morgan fingerprint density at radius 2 is 1.76 bits per heavy atom. The average molecular weight is 412 g/mol. The van der Waals surface area contributed by atoms with E-state index in [1.165, 1.54) is 5.56 Å². The van der Waals surface area contributed by atoms with Crippen LogP contribution in [0, 0.1) is 6.92 Å². The molecule has 5 heteroatoms. The number of aryl methyl sites for hydroxylation is 1. The molecule has 3 aromatic carbocycles. The molecular weight excluding hydrogens is 386 g/mol. The Bertz CT molecular complexity index is 931. The normalized spacial score (nSPS) is 11.9. The van der Waals surface area contributed by atoms with Crippen LogP contribution < -0.4 is 14.8 Å². The highest BCUT2D eigenvalue weighted by atomic mass is 35.5. The van der Waals surface area contributed by atoms with Crippen LogP contribution in [0.4, 0.5) is 0 Å². The number of aliphatic hydroxyl groups is 1. The zero-order valence-corrected chi connectivity index (χ0v) is 17.4. The Balaban J connectivity index is 1.62. The van der Waals surface area contributed by atoms with Gasteiger partial charge >= 0.3 is 0 Å². The van der Waals surface area contributed by atoms with Crippen LogP contribution in [0.15, 0.2) is 66.7 Å². The van der Waals surface area contributed by atoms with E-state index in [4.69, 9.17) is 21.1 Å². The number of halogens is 1. The molecule has 0 saturated heterocycles. The van der Waals surface area contributed by atoms with Gasteiger partial charge in [0, 0.05) is 13.1 Å². The first-order valence-corrected chi connectivity index (χ1v) is 9.93. The number of ether oxygens (including phenoxy) is 2. The summed E-state index contributed by atoms with van der Waals surface area (Å²) in [5, 5.41) is 14.0. The highest BCUT2D eigenvalue weighted by Crippen LogP contribution is 2.37. The SMILES string of the molecule is COc1cc(CNC[C@@H](O)c2ccccc2)cc(Cl)c1OCc1ccccc1C. The van der Waals surface area contributed by atoms with Gasteiger partial charge in [-0.3, -0.25) is 0 Å². The Morgan fingerprint density at radius 1 is 1.03 bits per heavy atom. The maximum Gasteiger partial charge on any atom is 0.180 e. The molecule has 152 valence electrons. The van der Waals surface area contributed by atoms with Crippen molar-refractivity contribution < 1.29 is 14.6 Å². The summed E-state index contributed by atoms with van der Waals surface area (Å²) >= 11 is 6.47. The van der Waals surface area contributed by atoms with Crippen molar-refractivity contribution in [2.24, 2.45) is 0 Å². The minimum Gasteiger partial charge on any atom is -0.493 e. The molecule has 0 aliphatic carbocycles. The van der Waals surface area contributed by atoms with Crippen molar-refractivity contribution in [3.05, 3.63) is 94.0 Å². The zero-order valence-electron chi connectivity index (χ0n) is 16.7. The fraction of sp³-hybridized carbons (Fsp3) is 0.250. The summed E-state index contributed by atoms with van der Waals surface area (Å²) in [6.45, 7) is 3.47. The van der Waals surface area contributed by atoms with Crippen LogP contribution in [0.3, 0.4) is 0 Å². The van der Waals surface area contributed by atoms with Crippen LogP contribution in [0.25, 0.3) is 0 Å². The molecule has 0 amide bonds. The molecular formula is C24H26ClNO3. The Labute approximate surface area is 177 Å².